The van der Waals surface area contributed by atoms with Gasteiger partial charge >= 0.3 is 12.2 Å². The van der Waals surface area contributed by atoms with Gasteiger partial charge in [0.25, 0.3) is 0 Å². The van der Waals surface area contributed by atoms with Crippen LogP contribution in [0, 0.1) is 11.9 Å². The van der Waals surface area contributed by atoms with Gasteiger partial charge in [0.05, 0.1) is 0 Å². The topological polar surface area (TPSA) is 103 Å². The molecule has 52 heavy (non-hydrogen) atoms. The number of hydrogen-bond acceptors (Lipinski definition) is 9. The molecule has 6 atom stereocenters. The molecule has 11 nitrogen and oxygen atoms in total. The first-order chi connectivity index (χ1) is 24.6. The van der Waals surface area contributed by atoms with Crippen LogP contribution in [0.4, 0.5) is 29.7 Å². The van der Waals surface area contributed by atoms with Crippen molar-refractivity contribution in [3.8, 4) is 0 Å². The molecule has 6 bridgehead atoms. The third kappa shape index (κ3) is 9.62. The van der Waals surface area contributed by atoms with Crippen LogP contribution in [0.2, 0.25) is 0 Å². The van der Waals surface area contributed by atoms with Crippen molar-refractivity contribution in [3.63, 3.8) is 0 Å². The monoisotopic (exact) mass is 725 g/mol. The van der Waals surface area contributed by atoms with E-state index < -0.39 is 11.5 Å². The Balaban J connectivity index is 0.000000138. The summed E-state index contributed by atoms with van der Waals surface area (Å²) in [5.74, 6) is -0.830. The van der Waals surface area contributed by atoms with Crippen LogP contribution >= 0.6 is 0 Å². The highest BCUT2D eigenvalue weighted by atomic mass is 19.1. The standard InChI is InChI=1S/C16H22FN3O2.C12H15FN2.C11H20N2O2/c1-16(2,3)22-15(21)19-9-12-4-5-13(10-19)20(12)11-6-7-18-14(17)8-11;13-12-8-11(6-7-14-12)15-9-2-1-3-10(15)5-4-9;1-11(2,3)15-10(14)13-6-8-4-5-9(7-13)12-8/h6-8,12-13H,4-5,9-10H2,1-3H3;6-10H,1-5H2;8-9,12H,4-7H2,1-3H3. The summed E-state index contributed by atoms with van der Waals surface area (Å²) in [7, 11) is 0. The van der Waals surface area contributed by atoms with Gasteiger partial charge in [-0.1, -0.05) is 0 Å². The summed E-state index contributed by atoms with van der Waals surface area (Å²) in [5, 5.41) is 3.49. The van der Waals surface area contributed by atoms with Gasteiger partial charge in [0, 0.05) is 98.3 Å². The Kier molecular flexibility index (Phi) is 11.5. The van der Waals surface area contributed by atoms with Crippen molar-refractivity contribution < 1.29 is 27.8 Å². The molecule has 286 valence electrons. The highest BCUT2D eigenvalue weighted by molar-refractivity contribution is 5.69. The normalized spacial score (nSPS) is 27.7. The molecule has 0 aliphatic carbocycles. The van der Waals surface area contributed by atoms with Gasteiger partial charge in [0.2, 0.25) is 11.9 Å². The molecule has 6 saturated heterocycles. The van der Waals surface area contributed by atoms with Crippen LogP contribution < -0.4 is 15.1 Å². The van der Waals surface area contributed by atoms with E-state index in [0.717, 1.165) is 37.3 Å². The summed E-state index contributed by atoms with van der Waals surface area (Å²) in [6.45, 7) is 14.2. The molecule has 6 aliphatic heterocycles. The number of rotatable bonds is 2. The first-order valence-electron chi connectivity index (χ1n) is 19.1. The Morgan fingerprint density at radius 3 is 1.46 bits per heavy atom. The molecule has 0 aromatic carbocycles. The van der Waals surface area contributed by atoms with Gasteiger partial charge in [-0.25, -0.2) is 19.6 Å². The van der Waals surface area contributed by atoms with Crippen molar-refractivity contribution in [1.82, 2.24) is 25.1 Å². The summed E-state index contributed by atoms with van der Waals surface area (Å²) in [6.07, 6.45) is 13.4. The Morgan fingerprint density at radius 2 is 1.04 bits per heavy atom. The molecule has 0 saturated carbocycles. The van der Waals surface area contributed by atoms with Gasteiger partial charge in [0.15, 0.2) is 0 Å². The molecule has 13 heteroatoms. The molecule has 2 amide bonds. The fourth-order valence-electron chi connectivity index (χ4n) is 8.72. The van der Waals surface area contributed by atoms with Crippen LogP contribution in [0.3, 0.4) is 0 Å². The number of likely N-dealkylation sites (tertiary alicyclic amines) is 2. The van der Waals surface area contributed by atoms with Gasteiger partial charge in [-0.3, -0.25) is 0 Å². The number of nitrogens with one attached hydrogen (secondary N) is 1. The zero-order valence-corrected chi connectivity index (χ0v) is 31.7. The fourth-order valence-corrected chi connectivity index (χ4v) is 8.72. The summed E-state index contributed by atoms with van der Waals surface area (Å²) in [5.41, 5.74) is 1.00. The predicted molar refractivity (Wildman–Crippen MR) is 196 cm³/mol. The molecular weight excluding hydrogens is 668 g/mol. The van der Waals surface area contributed by atoms with Gasteiger partial charge < -0.3 is 34.4 Å². The number of carbonyl (C=O) groups excluding carboxylic acids is 2. The Bertz CT molecular complexity index is 1510. The van der Waals surface area contributed by atoms with E-state index in [1.165, 1.54) is 57.2 Å². The van der Waals surface area contributed by atoms with E-state index in [1.807, 2.05) is 58.6 Å². The summed E-state index contributed by atoms with van der Waals surface area (Å²) in [6, 6.07) is 9.48. The lowest BCUT2D eigenvalue weighted by molar-refractivity contribution is 0.0186. The number of hydrogen-bond donors (Lipinski definition) is 1. The van der Waals surface area contributed by atoms with Gasteiger partial charge in [0.1, 0.15) is 11.2 Å². The summed E-state index contributed by atoms with van der Waals surface area (Å²) >= 11 is 0. The van der Waals surface area contributed by atoms with E-state index in [2.05, 4.69) is 25.1 Å². The number of piperazine rings is 2. The minimum atomic E-state index is -0.485. The number of carbonyl (C=O) groups is 2. The van der Waals surface area contributed by atoms with Crippen LogP contribution in [-0.4, -0.2) is 106 Å². The summed E-state index contributed by atoms with van der Waals surface area (Å²) in [4.78, 5) is 39.5. The number of aromatic nitrogens is 2. The Labute approximate surface area is 307 Å². The van der Waals surface area contributed by atoms with Crippen LogP contribution in [-0.2, 0) is 9.47 Å². The number of anilines is 2. The van der Waals surface area contributed by atoms with Crippen molar-refractivity contribution in [2.45, 2.75) is 147 Å². The second kappa shape index (κ2) is 15.7. The molecular formula is C39H57F2N7O4. The molecule has 6 aliphatic rings. The Morgan fingerprint density at radius 1 is 0.635 bits per heavy atom. The smallest absolute Gasteiger partial charge is 0.410 e. The number of piperidine rings is 1. The van der Waals surface area contributed by atoms with Gasteiger partial charge in [-0.15, -0.1) is 0 Å². The SMILES string of the molecule is CC(C)(C)OC(=O)N1CC2CCC(C1)N2.CC(C)(C)OC(=O)N1CC2CCC(C1)N2c1ccnc(F)c1.Fc1cc(N2C3CCCC2CC3)ccn1. The first-order valence-corrected chi connectivity index (χ1v) is 19.1. The lowest BCUT2D eigenvalue weighted by Gasteiger charge is -2.42. The summed E-state index contributed by atoms with van der Waals surface area (Å²) < 4.78 is 37.2. The van der Waals surface area contributed by atoms with E-state index in [0.29, 0.717) is 37.3 Å². The average Bonchev–Trinajstić information content (AvgIpc) is 3.64. The lowest BCUT2D eigenvalue weighted by atomic mass is 10.0. The zero-order valence-electron chi connectivity index (χ0n) is 31.7. The van der Waals surface area contributed by atoms with E-state index in [1.54, 1.807) is 17.2 Å². The van der Waals surface area contributed by atoms with Gasteiger partial charge in [-0.05, 0) is 111 Å². The van der Waals surface area contributed by atoms with Crippen molar-refractivity contribution in [2.75, 3.05) is 36.0 Å². The van der Waals surface area contributed by atoms with Crippen LogP contribution in [0.25, 0.3) is 0 Å². The number of nitrogens with zero attached hydrogens (tertiary/aromatic N) is 6. The van der Waals surface area contributed by atoms with Crippen molar-refractivity contribution in [3.05, 3.63) is 48.6 Å². The van der Waals surface area contributed by atoms with Crippen molar-refractivity contribution in [1.29, 1.82) is 0 Å². The van der Waals surface area contributed by atoms with E-state index in [9.17, 15) is 18.4 Å². The average molecular weight is 726 g/mol. The maximum atomic E-state index is 13.4. The minimum Gasteiger partial charge on any atom is -0.444 e. The van der Waals surface area contributed by atoms with Crippen LogP contribution in [0.15, 0.2) is 36.7 Å². The predicted octanol–water partition coefficient (Wildman–Crippen LogP) is 6.91. The largest absolute Gasteiger partial charge is 0.444 e. The molecule has 0 radical (unpaired) electrons. The maximum absolute atomic E-state index is 13.4. The van der Waals surface area contributed by atoms with E-state index in [4.69, 9.17) is 9.47 Å². The molecule has 8 rings (SSSR count). The lowest BCUT2D eigenvalue weighted by Crippen LogP contribution is -2.56. The van der Waals surface area contributed by atoms with Crippen LogP contribution in [0.1, 0.15) is 99.3 Å². The van der Waals surface area contributed by atoms with Crippen molar-refractivity contribution in [2.24, 2.45) is 0 Å². The quantitative estimate of drug-likeness (QED) is 0.331. The molecule has 6 unspecified atom stereocenters. The van der Waals surface area contributed by atoms with Gasteiger partial charge in [-0.2, -0.15) is 8.78 Å². The maximum Gasteiger partial charge on any atom is 0.410 e. The number of fused-ring (bicyclic) bond motifs is 6. The van der Waals surface area contributed by atoms with Crippen LogP contribution in [0.5, 0.6) is 0 Å². The number of amides is 2. The third-order valence-electron chi connectivity index (χ3n) is 10.7. The molecule has 2 aromatic rings. The molecule has 2 aromatic heterocycles. The van der Waals surface area contributed by atoms with Crippen molar-refractivity contribution >= 4 is 23.6 Å². The number of pyridine rings is 2. The van der Waals surface area contributed by atoms with E-state index in [-0.39, 0.29) is 35.8 Å². The molecule has 1 N–H and O–H groups in total. The first kappa shape index (κ1) is 38.0. The molecule has 0 spiro atoms. The number of halogens is 2. The number of ether oxygens (including phenoxy) is 2. The second-order valence-corrected chi connectivity index (χ2v) is 17.1. The fraction of sp³-hybridized carbons (Fsp3) is 0.692. The minimum absolute atomic E-state index is 0.166. The highest BCUT2D eigenvalue weighted by Crippen LogP contribution is 2.39. The third-order valence-corrected chi connectivity index (χ3v) is 10.7. The molecule has 6 fully saturated rings. The molecule has 8 heterocycles. The van der Waals surface area contributed by atoms with E-state index >= 15 is 0 Å². The Hall–Kier alpha value is -3.74. The highest BCUT2D eigenvalue weighted by Gasteiger charge is 2.43. The zero-order chi connectivity index (χ0) is 37.2. The second-order valence-electron chi connectivity index (χ2n) is 17.1.